The summed E-state index contributed by atoms with van der Waals surface area (Å²) >= 11 is 0. The number of rotatable bonds is 2. The van der Waals surface area contributed by atoms with Crippen LogP contribution in [0.5, 0.6) is 5.75 Å². The van der Waals surface area contributed by atoms with Crippen LogP contribution in [-0.2, 0) is 9.53 Å². The van der Waals surface area contributed by atoms with Crippen molar-refractivity contribution in [3.8, 4) is 5.75 Å². The third-order valence-electron chi connectivity index (χ3n) is 2.95. The molecule has 0 aliphatic heterocycles. The number of methoxy groups -OCH3 is 1. The second-order valence-corrected chi connectivity index (χ2v) is 4.33. The number of hydrogen-bond acceptors (Lipinski definition) is 5. The lowest BCUT2D eigenvalue weighted by Gasteiger charge is -2.19. The number of hydrogen-bond donors (Lipinski definition) is 1. The molecule has 0 saturated carbocycles. The first-order valence-electron chi connectivity index (χ1n) is 5.60. The van der Waals surface area contributed by atoms with Gasteiger partial charge in [0.1, 0.15) is 11.3 Å². The number of ether oxygens (including phenoxy) is 1. The van der Waals surface area contributed by atoms with Gasteiger partial charge in [0.2, 0.25) is 11.6 Å². The number of phenols is 1. The summed E-state index contributed by atoms with van der Waals surface area (Å²) in [5.74, 6) is -2.39. The highest BCUT2D eigenvalue weighted by Crippen LogP contribution is 2.33. The van der Waals surface area contributed by atoms with Crippen LogP contribution in [0.2, 0.25) is 0 Å². The van der Waals surface area contributed by atoms with Crippen LogP contribution in [0.4, 0.5) is 0 Å². The smallest absolute Gasteiger partial charge is 0.232 e. The fourth-order valence-electron chi connectivity index (χ4n) is 2.16. The highest BCUT2D eigenvalue weighted by molar-refractivity contribution is 6.36. The molecule has 2 rings (SSSR count). The number of carbonyl (C=O) groups excluding carboxylic acids is 3. The van der Waals surface area contributed by atoms with Crippen molar-refractivity contribution in [2.75, 3.05) is 7.11 Å². The van der Waals surface area contributed by atoms with E-state index in [1.165, 1.54) is 26.2 Å². The minimum absolute atomic E-state index is 0.0356. The Bertz CT molecular complexity index is 652. The van der Waals surface area contributed by atoms with Gasteiger partial charge in [-0.15, -0.1) is 0 Å². The first-order chi connectivity index (χ1) is 8.88. The van der Waals surface area contributed by atoms with Gasteiger partial charge in [0.05, 0.1) is 12.7 Å². The number of carbonyl (C=O) groups is 3. The number of allylic oxidation sites excluding steroid dienone is 2. The zero-order valence-corrected chi connectivity index (χ0v) is 10.7. The van der Waals surface area contributed by atoms with E-state index in [1.54, 1.807) is 6.92 Å². The van der Waals surface area contributed by atoms with Crippen molar-refractivity contribution in [1.82, 2.24) is 0 Å². The fraction of sp³-hybridized carbons (Fsp3) is 0.214. The largest absolute Gasteiger partial charge is 0.507 e. The summed E-state index contributed by atoms with van der Waals surface area (Å²) in [5, 5.41) is 9.83. The molecule has 1 aromatic rings. The lowest BCUT2D eigenvalue weighted by atomic mass is 9.85. The molecule has 0 spiro atoms. The molecular formula is C14H12O5. The van der Waals surface area contributed by atoms with Crippen molar-refractivity contribution < 1.29 is 24.2 Å². The van der Waals surface area contributed by atoms with E-state index in [9.17, 15) is 19.5 Å². The van der Waals surface area contributed by atoms with Crippen LogP contribution in [0.3, 0.4) is 0 Å². The molecule has 1 N–H and O–H groups in total. The van der Waals surface area contributed by atoms with Gasteiger partial charge in [-0.2, -0.15) is 0 Å². The summed E-state index contributed by atoms with van der Waals surface area (Å²) in [5.41, 5.74) is 0.275. The average molecular weight is 260 g/mol. The third-order valence-corrected chi connectivity index (χ3v) is 2.95. The molecule has 5 nitrogen and oxygen atoms in total. The van der Waals surface area contributed by atoms with E-state index in [2.05, 4.69) is 0 Å². The van der Waals surface area contributed by atoms with Crippen molar-refractivity contribution in [2.45, 2.75) is 13.8 Å². The maximum atomic E-state index is 12.3. The summed E-state index contributed by atoms with van der Waals surface area (Å²) in [4.78, 5) is 36.0. The lowest BCUT2D eigenvalue weighted by Crippen LogP contribution is -2.26. The van der Waals surface area contributed by atoms with Gasteiger partial charge in [-0.05, 0) is 31.5 Å². The Labute approximate surface area is 109 Å². The first kappa shape index (κ1) is 13.0. The van der Waals surface area contributed by atoms with Crippen molar-refractivity contribution >= 4 is 17.3 Å². The zero-order valence-electron chi connectivity index (χ0n) is 10.7. The zero-order chi connectivity index (χ0) is 14.3. The van der Waals surface area contributed by atoms with Crippen molar-refractivity contribution in [3.05, 3.63) is 40.2 Å². The molecule has 98 valence electrons. The van der Waals surface area contributed by atoms with E-state index in [0.717, 1.165) is 0 Å². The normalized spacial score (nSPS) is 14.5. The van der Waals surface area contributed by atoms with Crippen LogP contribution < -0.4 is 0 Å². The second-order valence-electron chi connectivity index (χ2n) is 4.33. The van der Waals surface area contributed by atoms with E-state index in [1.807, 2.05) is 0 Å². The molecule has 0 fully saturated rings. The van der Waals surface area contributed by atoms with Crippen molar-refractivity contribution in [2.24, 2.45) is 0 Å². The Hall–Kier alpha value is -2.43. The van der Waals surface area contributed by atoms with E-state index in [0.29, 0.717) is 5.56 Å². The van der Waals surface area contributed by atoms with Crippen LogP contribution in [0.15, 0.2) is 23.5 Å². The minimum atomic E-state index is -0.653. The molecule has 1 aliphatic rings. The number of aryl methyl sites for hydroxylation is 1. The quantitative estimate of drug-likeness (QED) is 0.816. The molecule has 0 amide bonds. The molecule has 0 unspecified atom stereocenters. The van der Waals surface area contributed by atoms with Gasteiger partial charge in [0.15, 0.2) is 11.5 Å². The molecule has 0 aromatic heterocycles. The second kappa shape index (κ2) is 4.35. The number of benzene rings is 1. The summed E-state index contributed by atoms with van der Waals surface area (Å²) in [6.45, 7) is 2.88. The number of aromatic hydroxyl groups is 1. The van der Waals surface area contributed by atoms with Gasteiger partial charge in [0.25, 0.3) is 0 Å². The molecule has 1 aromatic carbocycles. The predicted octanol–water partition coefficient (Wildman–Crippen LogP) is 1.57. The van der Waals surface area contributed by atoms with Crippen LogP contribution in [-0.4, -0.2) is 29.6 Å². The van der Waals surface area contributed by atoms with Crippen LogP contribution in [0, 0.1) is 6.92 Å². The molecule has 19 heavy (non-hydrogen) atoms. The van der Waals surface area contributed by atoms with Gasteiger partial charge in [-0.25, -0.2) is 0 Å². The molecule has 1 aliphatic carbocycles. The SMILES string of the molecule is COC1=C(C(C)=O)C(=O)c2cc(C)cc(O)c2C1=O. The summed E-state index contributed by atoms with van der Waals surface area (Å²) in [7, 11) is 1.21. The highest BCUT2D eigenvalue weighted by Gasteiger charge is 2.37. The molecule has 0 heterocycles. The van der Waals surface area contributed by atoms with Crippen LogP contribution in [0.25, 0.3) is 0 Å². The topological polar surface area (TPSA) is 80.7 Å². The Morgan fingerprint density at radius 1 is 1.21 bits per heavy atom. The van der Waals surface area contributed by atoms with Gasteiger partial charge < -0.3 is 9.84 Å². The number of Topliss-reactive ketones (excluding diaryl/α,β-unsaturated/α-hetero) is 3. The number of ketones is 3. The van der Waals surface area contributed by atoms with Gasteiger partial charge in [0, 0.05) is 5.56 Å². The summed E-state index contributed by atoms with van der Waals surface area (Å²) in [6.07, 6.45) is 0. The molecule has 0 radical (unpaired) electrons. The fourth-order valence-corrected chi connectivity index (χ4v) is 2.16. The maximum Gasteiger partial charge on any atom is 0.232 e. The Morgan fingerprint density at radius 2 is 1.84 bits per heavy atom. The first-order valence-corrected chi connectivity index (χ1v) is 5.60. The van der Waals surface area contributed by atoms with E-state index >= 15 is 0 Å². The molecule has 0 saturated heterocycles. The average Bonchev–Trinajstić information content (AvgIpc) is 2.31. The van der Waals surface area contributed by atoms with Gasteiger partial charge in [-0.3, -0.25) is 14.4 Å². The van der Waals surface area contributed by atoms with Crippen molar-refractivity contribution in [3.63, 3.8) is 0 Å². The van der Waals surface area contributed by atoms with Gasteiger partial charge >= 0.3 is 0 Å². The van der Waals surface area contributed by atoms with E-state index < -0.39 is 17.3 Å². The minimum Gasteiger partial charge on any atom is -0.507 e. The van der Waals surface area contributed by atoms with E-state index in [-0.39, 0.29) is 28.2 Å². The maximum absolute atomic E-state index is 12.3. The Morgan fingerprint density at radius 3 is 2.37 bits per heavy atom. The summed E-state index contributed by atoms with van der Waals surface area (Å²) < 4.78 is 4.87. The van der Waals surface area contributed by atoms with Crippen LogP contribution >= 0.6 is 0 Å². The summed E-state index contributed by atoms with van der Waals surface area (Å²) in [6, 6.07) is 2.86. The van der Waals surface area contributed by atoms with E-state index in [4.69, 9.17) is 4.74 Å². The third kappa shape index (κ3) is 1.83. The Balaban J connectivity index is 2.81. The van der Waals surface area contributed by atoms with Crippen molar-refractivity contribution in [1.29, 1.82) is 0 Å². The highest BCUT2D eigenvalue weighted by atomic mass is 16.5. The molecular weight excluding hydrogens is 248 g/mol. The van der Waals surface area contributed by atoms with Crippen LogP contribution in [0.1, 0.15) is 33.2 Å². The monoisotopic (exact) mass is 260 g/mol. The molecule has 5 heteroatoms. The lowest BCUT2D eigenvalue weighted by molar-refractivity contribution is -0.113. The van der Waals surface area contributed by atoms with Gasteiger partial charge in [-0.1, -0.05) is 0 Å². The number of phenolic OH excluding ortho intramolecular Hbond substituents is 1. The Kier molecular flexibility index (Phi) is 2.98. The standard InChI is InChI=1S/C14H12O5/c1-6-4-8-11(9(16)5-6)13(18)14(19-3)10(7(2)15)12(8)17/h4-5,16H,1-3H3. The number of fused-ring (bicyclic) bond motifs is 1. The molecule has 0 bridgehead atoms. The molecule has 0 atom stereocenters. The predicted molar refractivity (Wildman–Crippen MR) is 66.2 cm³/mol.